The molecule has 15 heavy (non-hydrogen) atoms. The first-order valence-corrected chi connectivity index (χ1v) is 5.60. The molecule has 0 amide bonds. The predicted molar refractivity (Wildman–Crippen MR) is 61.2 cm³/mol. The van der Waals surface area contributed by atoms with Crippen LogP contribution in [-0.4, -0.2) is 5.97 Å². The summed E-state index contributed by atoms with van der Waals surface area (Å²) < 4.78 is 0. The molecule has 88 valence electrons. The molecule has 0 N–H and O–H groups in total. The molecule has 0 radical (unpaired) electrons. The number of hydrogen-bond acceptors (Lipinski definition) is 2. The van der Waals surface area contributed by atoms with Crippen molar-refractivity contribution in [2.45, 2.75) is 53.9 Å². The number of allylic oxidation sites excluding steroid dienone is 1. The third-order valence-electron chi connectivity index (χ3n) is 2.39. The Labute approximate surface area is 93.4 Å². The maximum absolute atomic E-state index is 10.4. The second-order valence-electron chi connectivity index (χ2n) is 5.62. The molecule has 0 aliphatic carbocycles. The molecule has 0 rings (SSSR count). The molecule has 0 aromatic heterocycles. The van der Waals surface area contributed by atoms with Gasteiger partial charge >= 0.3 is 0 Å². The summed E-state index contributed by atoms with van der Waals surface area (Å²) in [6, 6.07) is 0. The fraction of sp³-hybridized carbons (Fsp3) is 0.769. The Morgan fingerprint density at radius 1 is 1.40 bits per heavy atom. The number of hydrogen-bond donors (Lipinski definition) is 0. The summed E-state index contributed by atoms with van der Waals surface area (Å²) in [5.41, 5.74) is 0.699. The van der Waals surface area contributed by atoms with Gasteiger partial charge in [-0.15, -0.1) is 0 Å². The summed E-state index contributed by atoms with van der Waals surface area (Å²) in [6.07, 6.45) is 4.80. The first kappa shape index (κ1) is 14.2. The maximum Gasteiger partial charge on any atom is 0.0668 e. The third kappa shape index (κ3) is 8.22. The lowest BCUT2D eigenvalue weighted by molar-refractivity contribution is -0.299. The second kappa shape index (κ2) is 5.94. The minimum atomic E-state index is -1.06. The van der Waals surface area contributed by atoms with Gasteiger partial charge in [0.15, 0.2) is 0 Å². The van der Waals surface area contributed by atoms with E-state index in [-0.39, 0.29) is 0 Å². The van der Waals surface area contributed by atoms with Crippen LogP contribution in [0.2, 0.25) is 0 Å². The zero-order valence-electron chi connectivity index (χ0n) is 10.6. The van der Waals surface area contributed by atoms with Gasteiger partial charge in [0.25, 0.3) is 0 Å². The van der Waals surface area contributed by atoms with Gasteiger partial charge in [0.1, 0.15) is 0 Å². The van der Waals surface area contributed by atoms with E-state index in [4.69, 9.17) is 0 Å². The van der Waals surface area contributed by atoms with Crippen molar-refractivity contribution in [2.75, 3.05) is 0 Å². The van der Waals surface area contributed by atoms with E-state index in [1.807, 2.05) is 0 Å². The van der Waals surface area contributed by atoms with E-state index in [1.165, 1.54) is 6.42 Å². The molecule has 2 heteroatoms. The Morgan fingerprint density at radius 3 is 2.33 bits per heavy atom. The molecule has 0 aromatic carbocycles. The van der Waals surface area contributed by atoms with Gasteiger partial charge in [0.2, 0.25) is 0 Å². The van der Waals surface area contributed by atoms with Gasteiger partial charge in [-0.05, 0) is 43.1 Å². The molecule has 0 saturated heterocycles. The molecule has 1 atom stereocenters. The molecule has 0 aromatic rings. The summed E-state index contributed by atoms with van der Waals surface area (Å²) >= 11 is 0. The van der Waals surface area contributed by atoms with Crippen LogP contribution in [-0.2, 0) is 4.79 Å². The summed E-state index contributed by atoms with van der Waals surface area (Å²) in [5, 5.41) is 10.4. The highest BCUT2D eigenvalue weighted by Gasteiger charge is 2.14. The number of carbonyl (C=O) groups excluding carboxylic acids is 1. The van der Waals surface area contributed by atoms with Crippen molar-refractivity contribution in [3.05, 3.63) is 11.6 Å². The van der Waals surface area contributed by atoms with Crippen molar-refractivity contribution in [1.82, 2.24) is 0 Å². The van der Waals surface area contributed by atoms with Crippen LogP contribution in [0.3, 0.4) is 0 Å². The Hall–Kier alpha value is -0.790. The Balaban J connectivity index is 3.87. The van der Waals surface area contributed by atoms with E-state index < -0.39 is 5.97 Å². The topological polar surface area (TPSA) is 40.1 Å². The molecule has 1 unspecified atom stereocenters. The predicted octanol–water partition coefficient (Wildman–Crippen LogP) is 2.54. The molecule has 2 nitrogen and oxygen atoms in total. The third-order valence-corrected chi connectivity index (χ3v) is 2.39. The molecule has 0 fully saturated rings. The van der Waals surface area contributed by atoms with Gasteiger partial charge in [-0.3, -0.25) is 0 Å². The molecular weight excluding hydrogens is 188 g/mol. The lowest BCUT2D eigenvalue weighted by Gasteiger charge is -2.22. The maximum atomic E-state index is 10.4. The summed E-state index contributed by atoms with van der Waals surface area (Å²) in [5.74, 6) is -0.422. The van der Waals surface area contributed by atoms with E-state index in [0.29, 0.717) is 16.9 Å². The van der Waals surface area contributed by atoms with E-state index in [0.717, 1.165) is 12.8 Å². The molecule has 0 aliphatic rings. The van der Waals surface area contributed by atoms with Crippen LogP contribution < -0.4 is 5.11 Å². The van der Waals surface area contributed by atoms with Crippen molar-refractivity contribution >= 4 is 5.97 Å². The average molecular weight is 211 g/mol. The number of carboxylic acids is 1. The molecule has 0 heterocycles. The quantitative estimate of drug-likeness (QED) is 0.656. The average Bonchev–Trinajstić information content (AvgIpc) is 2.00. The fourth-order valence-electron chi connectivity index (χ4n) is 1.82. The van der Waals surface area contributed by atoms with Crippen LogP contribution in [0.4, 0.5) is 0 Å². The monoisotopic (exact) mass is 211 g/mol. The van der Waals surface area contributed by atoms with Gasteiger partial charge in [-0.25, -0.2) is 0 Å². The molecular formula is C13H23O2-. The minimum Gasteiger partial charge on any atom is -0.545 e. The van der Waals surface area contributed by atoms with E-state index in [1.54, 1.807) is 13.0 Å². The van der Waals surface area contributed by atoms with Crippen molar-refractivity contribution in [1.29, 1.82) is 0 Å². The highest BCUT2D eigenvalue weighted by molar-refractivity contribution is 5.83. The lowest BCUT2D eigenvalue weighted by Crippen LogP contribution is -2.23. The lowest BCUT2D eigenvalue weighted by atomic mass is 9.83. The van der Waals surface area contributed by atoms with Crippen molar-refractivity contribution in [3.8, 4) is 0 Å². The fourth-order valence-corrected chi connectivity index (χ4v) is 1.82. The summed E-state index contributed by atoms with van der Waals surface area (Å²) in [6.45, 7) is 10.5. The zero-order chi connectivity index (χ0) is 12.1. The highest BCUT2D eigenvalue weighted by atomic mass is 16.4. The smallest absolute Gasteiger partial charge is 0.0668 e. The largest absolute Gasteiger partial charge is 0.545 e. The van der Waals surface area contributed by atoms with E-state index in [2.05, 4.69) is 27.7 Å². The van der Waals surface area contributed by atoms with Crippen LogP contribution in [0.25, 0.3) is 0 Å². The number of carbonyl (C=O) groups is 1. The van der Waals surface area contributed by atoms with Crippen LogP contribution in [0.1, 0.15) is 53.9 Å². The normalized spacial score (nSPS) is 15.1. The zero-order valence-corrected chi connectivity index (χ0v) is 10.6. The van der Waals surface area contributed by atoms with Gasteiger partial charge < -0.3 is 9.90 Å². The summed E-state index contributed by atoms with van der Waals surface area (Å²) in [4.78, 5) is 10.4. The van der Waals surface area contributed by atoms with Gasteiger partial charge in [0, 0.05) is 0 Å². The van der Waals surface area contributed by atoms with Crippen LogP contribution in [0.15, 0.2) is 11.6 Å². The first-order chi connectivity index (χ1) is 6.72. The Kier molecular flexibility index (Phi) is 5.63. The van der Waals surface area contributed by atoms with Gasteiger partial charge in [-0.1, -0.05) is 33.8 Å². The summed E-state index contributed by atoms with van der Waals surface area (Å²) in [7, 11) is 0. The molecule has 0 spiro atoms. The molecule has 0 aliphatic heterocycles. The Bertz CT molecular complexity index is 233. The Morgan fingerprint density at radius 2 is 1.93 bits per heavy atom. The highest BCUT2D eigenvalue weighted by Crippen LogP contribution is 2.26. The van der Waals surface area contributed by atoms with Gasteiger partial charge in [-0.2, -0.15) is 0 Å². The number of carboxylic acid groups (broad SMARTS) is 1. The minimum absolute atomic E-state index is 0.345. The van der Waals surface area contributed by atoms with E-state index in [9.17, 15) is 9.90 Å². The van der Waals surface area contributed by atoms with Crippen LogP contribution in [0.5, 0.6) is 0 Å². The van der Waals surface area contributed by atoms with Crippen molar-refractivity contribution in [3.63, 3.8) is 0 Å². The van der Waals surface area contributed by atoms with E-state index >= 15 is 0 Å². The second-order valence-corrected chi connectivity index (χ2v) is 5.62. The SMILES string of the molecule is C/C(=C\CCC(C)CC(C)(C)C)C(=O)[O-]. The number of rotatable bonds is 5. The van der Waals surface area contributed by atoms with Crippen LogP contribution in [0, 0.1) is 11.3 Å². The van der Waals surface area contributed by atoms with Gasteiger partial charge in [0.05, 0.1) is 5.97 Å². The molecule has 0 saturated carbocycles. The first-order valence-electron chi connectivity index (χ1n) is 5.60. The van der Waals surface area contributed by atoms with Crippen molar-refractivity contribution < 1.29 is 9.90 Å². The molecule has 0 bridgehead atoms. The standard InChI is InChI=1S/C13H24O2/c1-10(9-13(3,4)5)7-6-8-11(2)12(14)15/h8,10H,6-7,9H2,1-5H3,(H,14,15)/p-1/b11-8+. The van der Waals surface area contributed by atoms with Crippen molar-refractivity contribution in [2.24, 2.45) is 11.3 Å². The number of aliphatic carboxylic acids is 1. The van der Waals surface area contributed by atoms with Crippen LogP contribution >= 0.6 is 0 Å².